The first kappa shape index (κ1) is 16.3. The highest BCUT2D eigenvalue weighted by molar-refractivity contribution is 5.66. The van der Waals surface area contributed by atoms with Gasteiger partial charge in [0.25, 0.3) is 5.89 Å². The summed E-state index contributed by atoms with van der Waals surface area (Å²) in [4.78, 5) is 5.47. The van der Waals surface area contributed by atoms with Crippen molar-refractivity contribution in [1.29, 1.82) is 0 Å². The predicted octanol–water partition coefficient (Wildman–Crippen LogP) is 4.06. The Labute approximate surface area is 161 Å². The third-order valence-corrected chi connectivity index (χ3v) is 8.36. The summed E-state index contributed by atoms with van der Waals surface area (Å²) in [5.41, 5.74) is 4.85. The number of piperidine rings is 1. The summed E-state index contributed by atoms with van der Waals surface area (Å²) in [6.07, 6.45) is 13.0. The molecule has 1 aliphatic carbocycles. The Morgan fingerprint density at radius 3 is 3.00 bits per heavy atom. The van der Waals surface area contributed by atoms with Crippen molar-refractivity contribution in [3.8, 4) is 0 Å². The topological polar surface area (TPSA) is 45.4 Å². The van der Waals surface area contributed by atoms with Gasteiger partial charge >= 0.3 is 0 Å². The van der Waals surface area contributed by atoms with E-state index in [1.165, 1.54) is 70.1 Å². The molecule has 0 bridgehead atoms. The molecule has 0 N–H and O–H groups in total. The van der Waals surface area contributed by atoms with Crippen LogP contribution < -0.4 is 0 Å². The molecule has 4 aliphatic heterocycles. The van der Waals surface area contributed by atoms with Crippen LogP contribution >= 0.6 is 0 Å². The quantitative estimate of drug-likeness (QED) is 0.790. The van der Waals surface area contributed by atoms with Gasteiger partial charge in [-0.2, -0.15) is 0 Å². The minimum atomic E-state index is 0.219. The van der Waals surface area contributed by atoms with Gasteiger partial charge in [0.1, 0.15) is 5.70 Å². The van der Waals surface area contributed by atoms with Crippen LogP contribution in [0, 0.1) is 17.3 Å². The van der Waals surface area contributed by atoms with Gasteiger partial charge in [-0.1, -0.05) is 20.3 Å². The average Bonchev–Trinajstić information content (AvgIpc) is 3.34. The summed E-state index contributed by atoms with van der Waals surface area (Å²) >= 11 is 0. The fourth-order valence-corrected chi connectivity index (χ4v) is 7.27. The largest absolute Gasteiger partial charge is 0.422 e. The molecule has 5 heteroatoms. The number of fused-ring (bicyclic) bond motifs is 3. The van der Waals surface area contributed by atoms with E-state index in [-0.39, 0.29) is 5.41 Å². The van der Waals surface area contributed by atoms with E-state index in [0.717, 1.165) is 17.7 Å². The van der Waals surface area contributed by atoms with Gasteiger partial charge < -0.3 is 9.32 Å². The first-order valence-corrected chi connectivity index (χ1v) is 11.0. The molecule has 5 aliphatic rings. The van der Waals surface area contributed by atoms with Crippen LogP contribution in [0.1, 0.15) is 64.7 Å². The SMILES string of the molecule is CC[C@@]12C=C(c3nnco3)N3C4=C(CCN(CCC1)[C@H]42)C1C(C)CCCC13. The lowest BCUT2D eigenvalue weighted by Crippen LogP contribution is -2.58. The Morgan fingerprint density at radius 2 is 2.19 bits per heavy atom. The third-order valence-electron chi connectivity index (χ3n) is 8.36. The van der Waals surface area contributed by atoms with Crippen LogP contribution in [-0.2, 0) is 0 Å². The van der Waals surface area contributed by atoms with Crippen LogP contribution in [0.4, 0.5) is 0 Å². The molecule has 0 amide bonds. The van der Waals surface area contributed by atoms with Crippen molar-refractivity contribution in [3.63, 3.8) is 0 Å². The van der Waals surface area contributed by atoms with Gasteiger partial charge in [-0.05, 0) is 62.6 Å². The normalized spacial score (nSPS) is 40.7. The fourth-order valence-electron chi connectivity index (χ4n) is 7.27. The molecule has 1 saturated heterocycles. The van der Waals surface area contributed by atoms with Crippen molar-refractivity contribution >= 4 is 5.70 Å². The first-order valence-electron chi connectivity index (χ1n) is 11.0. The van der Waals surface area contributed by atoms with Gasteiger partial charge in [-0.3, -0.25) is 4.90 Å². The van der Waals surface area contributed by atoms with Gasteiger partial charge in [0.05, 0.1) is 6.04 Å². The van der Waals surface area contributed by atoms with Gasteiger partial charge in [0.15, 0.2) is 0 Å². The van der Waals surface area contributed by atoms with E-state index in [9.17, 15) is 0 Å². The zero-order chi connectivity index (χ0) is 18.2. The smallest absolute Gasteiger partial charge is 0.263 e. The zero-order valence-corrected chi connectivity index (χ0v) is 16.5. The summed E-state index contributed by atoms with van der Waals surface area (Å²) < 4.78 is 5.77. The molecule has 1 aromatic rings. The highest BCUT2D eigenvalue weighted by Crippen LogP contribution is 2.60. The first-order chi connectivity index (χ1) is 13.2. The molecule has 3 unspecified atom stereocenters. The predicted molar refractivity (Wildman–Crippen MR) is 103 cm³/mol. The molecule has 5 atom stereocenters. The van der Waals surface area contributed by atoms with E-state index in [0.29, 0.717) is 12.1 Å². The van der Waals surface area contributed by atoms with Gasteiger partial charge in [-0.25, -0.2) is 0 Å². The maximum atomic E-state index is 5.77. The van der Waals surface area contributed by atoms with Crippen LogP contribution in [-0.4, -0.2) is 45.2 Å². The Kier molecular flexibility index (Phi) is 3.45. The zero-order valence-electron chi connectivity index (χ0n) is 16.5. The molecule has 5 heterocycles. The lowest BCUT2D eigenvalue weighted by molar-refractivity contribution is 0.0358. The monoisotopic (exact) mass is 366 g/mol. The Hall–Kier alpha value is -1.62. The molecule has 144 valence electrons. The van der Waals surface area contributed by atoms with Crippen LogP contribution in [0.15, 0.2) is 28.2 Å². The second-order valence-corrected chi connectivity index (χ2v) is 9.43. The summed E-state index contributed by atoms with van der Waals surface area (Å²) in [6, 6.07) is 1.15. The maximum Gasteiger partial charge on any atom is 0.263 e. The average molecular weight is 367 g/mol. The Bertz CT molecular complexity index is 812. The summed E-state index contributed by atoms with van der Waals surface area (Å²) in [6.45, 7) is 7.37. The Balaban J connectivity index is 1.60. The molecule has 0 radical (unpaired) electrons. The lowest BCUT2D eigenvalue weighted by atomic mass is 9.65. The van der Waals surface area contributed by atoms with Crippen LogP contribution in [0.3, 0.4) is 0 Å². The molecule has 5 nitrogen and oxygen atoms in total. The molecule has 2 fully saturated rings. The van der Waals surface area contributed by atoms with E-state index in [2.05, 4.69) is 39.9 Å². The van der Waals surface area contributed by atoms with Gasteiger partial charge in [0, 0.05) is 29.6 Å². The number of rotatable bonds is 2. The number of aromatic nitrogens is 2. The molecular formula is C22H30N4O. The summed E-state index contributed by atoms with van der Waals surface area (Å²) in [7, 11) is 0. The minimum Gasteiger partial charge on any atom is -0.422 e. The third kappa shape index (κ3) is 2.04. The highest BCUT2D eigenvalue weighted by atomic mass is 16.4. The van der Waals surface area contributed by atoms with Crippen molar-refractivity contribution in [3.05, 3.63) is 29.6 Å². The Morgan fingerprint density at radius 1 is 1.26 bits per heavy atom. The van der Waals surface area contributed by atoms with Crippen molar-refractivity contribution in [2.75, 3.05) is 13.1 Å². The second kappa shape index (κ2) is 5.69. The minimum absolute atomic E-state index is 0.219. The van der Waals surface area contributed by atoms with Crippen molar-refractivity contribution < 1.29 is 4.42 Å². The molecule has 1 aromatic heterocycles. The second-order valence-electron chi connectivity index (χ2n) is 9.43. The highest BCUT2D eigenvalue weighted by Gasteiger charge is 2.58. The summed E-state index contributed by atoms with van der Waals surface area (Å²) in [5.74, 6) is 2.22. The van der Waals surface area contributed by atoms with Crippen LogP contribution in [0.2, 0.25) is 0 Å². The molecule has 0 aromatic carbocycles. The number of hydrogen-bond acceptors (Lipinski definition) is 5. The number of nitrogens with zero attached hydrogens (tertiary/aromatic N) is 4. The standard InChI is InChI=1S/C22H30N4O/c1-3-22-9-5-10-25-11-8-15-18-14(2)6-4-7-16(18)26(19(15)20(22)25)17(12-22)21-24-23-13-27-21/h12-14,16,18,20H,3-11H2,1-2H3/t14?,16?,18?,20-,22+/m1/s1. The molecule has 27 heavy (non-hydrogen) atoms. The maximum absolute atomic E-state index is 5.77. The number of hydrogen-bond donors (Lipinski definition) is 0. The van der Waals surface area contributed by atoms with Gasteiger partial charge in [-0.15, -0.1) is 10.2 Å². The molecule has 1 saturated carbocycles. The molecular weight excluding hydrogens is 336 g/mol. The van der Waals surface area contributed by atoms with E-state index >= 15 is 0 Å². The molecule has 0 spiro atoms. The lowest BCUT2D eigenvalue weighted by Gasteiger charge is -2.56. The van der Waals surface area contributed by atoms with E-state index < -0.39 is 0 Å². The van der Waals surface area contributed by atoms with Gasteiger partial charge in [0.2, 0.25) is 6.39 Å². The van der Waals surface area contributed by atoms with Crippen molar-refractivity contribution in [2.24, 2.45) is 17.3 Å². The fraction of sp³-hybridized carbons (Fsp3) is 0.727. The molecule has 6 rings (SSSR count). The van der Waals surface area contributed by atoms with E-state index in [1.54, 1.807) is 11.3 Å². The van der Waals surface area contributed by atoms with E-state index in [1.807, 2.05) is 0 Å². The van der Waals surface area contributed by atoms with Crippen molar-refractivity contribution in [2.45, 2.75) is 70.9 Å². The van der Waals surface area contributed by atoms with Crippen LogP contribution in [0.5, 0.6) is 0 Å². The van der Waals surface area contributed by atoms with Crippen LogP contribution in [0.25, 0.3) is 5.70 Å². The summed E-state index contributed by atoms with van der Waals surface area (Å²) in [5, 5.41) is 8.38. The van der Waals surface area contributed by atoms with Crippen molar-refractivity contribution in [1.82, 2.24) is 20.0 Å². The van der Waals surface area contributed by atoms with E-state index in [4.69, 9.17) is 4.42 Å².